The number of benzene rings is 1. The van der Waals surface area contributed by atoms with Crippen LogP contribution >= 0.6 is 11.6 Å². The fourth-order valence-corrected chi connectivity index (χ4v) is 5.63. The van der Waals surface area contributed by atoms with Crippen LogP contribution < -0.4 is 4.74 Å². The molecule has 2 aliphatic rings. The number of fused-ring (bicyclic) bond motifs is 1. The van der Waals surface area contributed by atoms with Gasteiger partial charge < -0.3 is 14.5 Å². The third-order valence-electron chi connectivity index (χ3n) is 5.42. The molecule has 0 bridgehead atoms. The van der Waals surface area contributed by atoms with Gasteiger partial charge in [-0.25, -0.2) is 8.42 Å². The Bertz CT molecular complexity index is 865. The van der Waals surface area contributed by atoms with E-state index in [-0.39, 0.29) is 30.1 Å². The number of amides is 1. The van der Waals surface area contributed by atoms with Gasteiger partial charge in [-0.2, -0.15) is 0 Å². The summed E-state index contributed by atoms with van der Waals surface area (Å²) in [7, 11) is -3.08. The number of hydrogen-bond acceptors (Lipinski definition) is 5. The number of likely N-dealkylation sites (N-methyl/N-ethyl adjacent to an activating group) is 1. The molecule has 0 aliphatic carbocycles. The van der Waals surface area contributed by atoms with E-state index < -0.39 is 9.84 Å². The average molecular weight is 427 g/mol. The van der Waals surface area contributed by atoms with Gasteiger partial charge in [0.2, 0.25) is 0 Å². The molecule has 2 aliphatic heterocycles. The van der Waals surface area contributed by atoms with E-state index in [1.54, 1.807) is 29.2 Å². The molecule has 28 heavy (non-hydrogen) atoms. The molecule has 1 aromatic rings. The van der Waals surface area contributed by atoms with Gasteiger partial charge in [-0.15, -0.1) is 0 Å². The largest absolute Gasteiger partial charge is 0.488 e. The van der Waals surface area contributed by atoms with Crippen molar-refractivity contribution < 1.29 is 17.9 Å². The average Bonchev–Trinajstić information content (AvgIpc) is 3.03. The molecule has 1 amide bonds. The Labute approximate surface area is 172 Å². The molecule has 0 N–H and O–H groups in total. The monoisotopic (exact) mass is 426 g/mol. The predicted molar refractivity (Wildman–Crippen MR) is 111 cm³/mol. The zero-order valence-electron chi connectivity index (χ0n) is 16.4. The Kier molecular flexibility index (Phi) is 6.68. The predicted octanol–water partition coefficient (Wildman–Crippen LogP) is 2.47. The first-order chi connectivity index (χ1) is 13.3. The molecule has 0 aromatic heterocycles. The minimum Gasteiger partial charge on any atom is -0.488 e. The fourth-order valence-electron chi connectivity index (χ4n) is 3.72. The highest BCUT2D eigenvalue weighted by atomic mass is 35.5. The summed E-state index contributed by atoms with van der Waals surface area (Å²) in [6, 6.07) is 5.02. The van der Waals surface area contributed by atoms with E-state index in [2.05, 4.69) is 18.7 Å². The van der Waals surface area contributed by atoms with Gasteiger partial charge in [0.15, 0.2) is 9.84 Å². The minimum atomic E-state index is -3.08. The molecular formula is C20H27ClN2O4S. The molecule has 2 heterocycles. The highest BCUT2D eigenvalue weighted by molar-refractivity contribution is 7.91. The molecule has 3 rings (SSSR count). The van der Waals surface area contributed by atoms with E-state index in [0.717, 1.165) is 18.7 Å². The Hall–Kier alpha value is -1.57. The normalized spacial score (nSPS) is 20.4. The van der Waals surface area contributed by atoms with Crippen LogP contribution in [0.5, 0.6) is 5.75 Å². The lowest BCUT2D eigenvalue weighted by molar-refractivity contribution is -0.129. The minimum absolute atomic E-state index is 0.0353. The number of ether oxygens (including phenoxy) is 1. The maximum Gasteiger partial charge on any atom is 0.253 e. The lowest BCUT2D eigenvalue weighted by Gasteiger charge is -2.32. The van der Waals surface area contributed by atoms with Gasteiger partial charge in [0, 0.05) is 29.7 Å². The molecule has 154 valence electrons. The molecule has 1 unspecified atom stereocenters. The van der Waals surface area contributed by atoms with Crippen LogP contribution in [0.4, 0.5) is 0 Å². The highest BCUT2D eigenvalue weighted by Crippen LogP contribution is 2.30. The number of sulfone groups is 1. The number of carbonyl (C=O) groups is 1. The van der Waals surface area contributed by atoms with Crippen molar-refractivity contribution in [3.8, 4) is 5.75 Å². The van der Waals surface area contributed by atoms with Crippen LogP contribution in [0.25, 0.3) is 6.08 Å². The number of hydrogen-bond donors (Lipinski definition) is 0. The van der Waals surface area contributed by atoms with E-state index in [1.165, 1.54) is 0 Å². The topological polar surface area (TPSA) is 66.9 Å². The van der Waals surface area contributed by atoms with Crippen molar-refractivity contribution in [1.82, 2.24) is 9.80 Å². The summed E-state index contributed by atoms with van der Waals surface area (Å²) in [6.07, 6.45) is 2.30. The van der Waals surface area contributed by atoms with Crippen LogP contribution in [0, 0.1) is 0 Å². The summed E-state index contributed by atoms with van der Waals surface area (Å²) in [5.74, 6) is 0.716. The number of carbonyl (C=O) groups excluding carboxylic acids is 1. The van der Waals surface area contributed by atoms with Crippen LogP contribution in [-0.2, 0) is 14.6 Å². The van der Waals surface area contributed by atoms with Gasteiger partial charge >= 0.3 is 0 Å². The summed E-state index contributed by atoms with van der Waals surface area (Å²) in [5, 5.41) is 0.576. The van der Waals surface area contributed by atoms with E-state index >= 15 is 0 Å². The van der Waals surface area contributed by atoms with Gasteiger partial charge in [-0.3, -0.25) is 4.79 Å². The third-order valence-corrected chi connectivity index (χ3v) is 7.41. The second kappa shape index (κ2) is 8.84. The molecule has 1 atom stereocenters. The van der Waals surface area contributed by atoms with Crippen molar-refractivity contribution in [3.63, 3.8) is 0 Å². The van der Waals surface area contributed by atoms with Crippen molar-refractivity contribution >= 4 is 33.4 Å². The zero-order valence-corrected chi connectivity index (χ0v) is 17.9. The second-order valence-corrected chi connectivity index (χ2v) is 9.89. The van der Waals surface area contributed by atoms with Crippen molar-refractivity contribution in [2.45, 2.75) is 26.3 Å². The van der Waals surface area contributed by atoms with Gasteiger partial charge in [-0.1, -0.05) is 25.4 Å². The molecule has 1 saturated heterocycles. The number of halogens is 1. The molecule has 0 radical (unpaired) electrons. The summed E-state index contributed by atoms with van der Waals surface area (Å²) in [4.78, 5) is 17.3. The molecule has 8 heteroatoms. The van der Waals surface area contributed by atoms with Crippen molar-refractivity contribution in [2.75, 3.05) is 44.3 Å². The van der Waals surface area contributed by atoms with Crippen LogP contribution in [-0.4, -0.2) is 74.5 Å². The van der Waals surface area contributed by atoms with Gasteiger partial charge in [0.25, 0.3) is 5.91 Å². The van der Waals surface area contributed by atoms with Crippen molar-refractivity contribution in [2.24, 2.45) is 0 Å². The van der Waals surface area contributed by atoms with Crippen LogP contribution in [0.1, 0.15) is 25.8 Å². The number of nitrogens with zero attached hydrogens (tertiary/aromatic N) is 2. The third kappa shape index (κ3) is 4.88. The first kappa shape index (κ1) is 21.1. The van der Waals surface area contributed by atoms with E-state index in [9.17, 15) is 13.2 Å². The summed E-state index contributed by atoms with van der Waals surface area (Å²) in [6.45, 7) is 7.32. The Morgan fingerprint density at radius 1 is 1.25 bits per heavy atom. The lowest BCUT2D eigenvalue weighted by Crippen LogP contribution is -2.46. The molecule has 0 saturated carbocycles. The quantitative estimate of drug-likeness (QED) is 0.670. The van der Waals surface area contributed by atoms with E-state index in [1.807, 2.05) is 0 Å². The van der Waals surface area contributed by atoms with Crippen LogP contribution in [0.3, 0.4) is 0 Å². The van der Waals surface area contributed by atoms with Gasteiger partial charge in [0.05, 0.1) is 17.1 Å². The first-order valence-electron chi connectivity index (χ1n) is 9.69. The highest BCUT2D eigenvalue weighted by Gasteiger charge is 2.36. The molecule has 0 spiro atoms. The second-order valence-electron chi connectivity index (χ2n) is 7.22. The molecule has 1 fully saturated rings. The smallest absolute Gasteiger partial charge is 0.253 e. The summed E-state index contributed by atoms with van der Waals surface area (Å²) in [5.41, 5.74) is 1.29. The Balaban J connectivity index is 1.83. The maximum absolute atomic E-state index is 13.3. The van der Waals surface area contributed by atoms with Crippen LogP contribution in [0.2, 0.25) is 5.02 Å². The van der Waals surface area contributed by atoms with Crippen molar-refractivity contribution in [1.29, 1.82) is 0 Å². The first-order valence-corrected chi connectivity index (χ1v) is 11.9. The lowest BCUT2D eigenvalue weighted by atomic mass is 10.1. The van der Waals surface area contributed by atoms with E-state index in [4.69, 9.17) is 16.3 Å². The number of rotatable bonds is 7. The fraction of sp³-hybridized carbons (Fsp3) is 0.550. The standard InChI is InChI=1S/C20H27ClN2O4S/c1-3-22(4-2)8-9-23(18-7-10-28(25,26)14-18)20(24)16-11-15-12-17(21)5-6-19(15)27-13-16/h5-6,11-12,18H,3-4,7-10,13-14H2,1-2H3. The van der Waals surface area contributed by atoms with Gasteiger partial charge in [-0.05, 0) is 43.8 Å². The summed E-state index contributed by atoms with van der Waals surface area (Å²) >= 11 is 6.07. The molecular weight excluding hydrogens is 400 g/mol. The Morgan fingerprint density at radius 2 is 2.00 bits per heavy atom. The zero-order chi connectivity index (χ0) is 20.3. The Morgan fingerprint density at radius 3 is 2.64 bits per heavy atom. The molecule has 1 aromatic carbocycles. The SMILES string of the molecule is CCN(CC)CCN(C(=O)C1=Cc2cc(Cl)ccc2OC1)C1CCS(=O)(=O)C1. The maximum atomic E-state index is 13.3. The van der Waals surface area contributed by atoms with Crippen molar-refractivity contribution in [3.05, 3.63) is 34.4 Å². The van der Waals surface area contributed by atoms with Crippen LogP contribution in [0.15, 0.2) is 23.8 Å². The summed E-state index contributed by atoms with van der Waals surface area (Å²) < 4.78 is 29.7. The van der Waals surface area contributed by atoms with E-state index in [0.29, 0.717) is 35.9 Å². The van der Waals surface area contributed by atoms with Gasteiger partial charge in [0.1, 0.15) is 12.4 Å². The molecule has 6 nitrogen and oxygen atoms in total.